The number of imidazole rings is 1. The van der Waals surface area contributed by atoms with Gasteiger partial charge in [-0.1, -0.05) is 0 Å². The number of unbranched alkanes of at least 4 members (excludes halogenated alkanes) is 1. The average molecular weight is 296 g/mol. The Morgan fingerprint density at radius 2 is 1.95 bits per heavy atom. The summed E-state index contributed by atoms with van der Waals surface area (Å²) in [7, 11) is 0. The number of hydrogen-bond acceptors (Lipinski definition) is 6. The zero-order chi connectivity index (χ0) is 14.2. The number of halogens is 1. The van der Waals surface area contributed by atoms with E-state index in [2.05, 4.69) is 35.1 Å². The smallest absolute Gasteiger partial charge is 0.228 e. The van der Waals surface area contributed by atoms with E-state index in [1.54, 1.807) is 6.20 Å². The quantitative estimate of drug-likeness (QED) is 0.726. The number of aryl methyl sites for hydroxylation is 1. The fourth-order valence-corrected chi connectivity index (χ4v) is 1.86. The predicted octanol–water partition coefficient (Wildman–Crippen LogP) is 2.05. The van der Waals surface area contributed by atoms with Gasteiger partial charge in [-0.3, -0.25) is 0 Å². The summed E-state index contributed by atoms with van der Waals surface area (Å²) in [5, 5.41) is 6.36. The van der Waals surface area contributed by atoms with Crippen LogP contribution in [-0.2, 0) is 6.54 Å². The van der Waals surface area contributed by atoms with Gasteiger partial charge in [0.1, 0.15) is 0 Å². The minimum Gasteiger partial charge on any atom is -0.354 e. The maximum absolute atomic E-state index is 5.84. The van der Waals surface area contributed by atoms with Crippen molar-refractivity contribution < 1.29 is 0 Å². The monoisotopic (exact) mass is 295 g/mol. The first kappa shape index (κ1) is 14.5. The molecule has 8 heteroatoms. The van der Waals surface area contributed by atoms with Crippen molar-refractivity contribution in [1.29, 1.82) is 0 Å². The topological polar surface area (TPSA) is 80.5 Å². The molecule has 2 aromatic heterocycles. The van der Waals surface area contributed by atoms with Crippen molar-refractivity contribution in [2.45, 2.75) is 26.3 Å². The Kier molecular flexibility index (Phi) is 5.55. The zero-order valence-electron chi connectivity index (χ0n) is 11.4. The second kappa shape index (κ2) is 7.64. The molecule has 108 valence electrons. The summed E-state index contributed by atoms with van der Waals surface area (Å²) in [6.45, 7) is 4.47. The molecule has 0 aliphatic heterocycles. The first-order chi connectivity index (χ1) is 9.78. The van der Waals surface area contributed by atoms with Crippen LogP contribution < -0.4 is 10.6 Å². The van der Waals surface area contributed by atoms with Crippen molar-refractivity contribution in [1.82, 2.24) is 24.5 Å². The first-order valence-electron chi connectivity index (χ1n) is 6.63. The van der Waals surface area contributed by atoms with Crippen LogP contribution in [0.25, 0.3) is 0 Å². The van der Waals surface area contributed by atoms with Crippen molar-refractivity contribution in [3.63, 3.8) is 0 Å². The van der Waals surface area contributed by atoms with Crippen LogP contribution in [0, 0.1) is 0 Å². The van der Waals surface area contributed by atoms with Crippen LogP contribution in [0.15, 0.2) is 18.7 Å². The van der Waals surface area contributed by atoms with Crippen LogP contribution in [0.3, 0.4) is 0 Å². The summed E-state index contributed by atoms with van der Waals surface area (Å²) in [6.07, 6.45) is 7.64. The first-order valence-corrected chi connectivity index (χ1v) is 7.01. The minimum absolute atomic E-state index is 0.192. The number of nitrogens with one attached hydrogen (secondary N) is 2. The lowest BCUT2D eigenvalue weighted by Gasteiger charge is -2.07. The predicted molar refractivity (Wildman–Crippen MR) is 79.0 cm³/mol. The molecule has 2 N–H and O–H groups in total. The molecule has 0 saturated carbocycles. The fraction of sp³-hybridized carbons (Fsp3) is 0.500. The molecule has 0 aromatic carbocycles. The van der Waals surface area contributed by atoms with Gasteiger partial charge in [-0.05, 0) is 31.4 Å². The molecule has 0 spiro atoms. The van der Waals surface area contributed by atoms with E-state index in [4.69, 9.17) is 11.6 Å². The van der Waals surface area contributed by atoms with E-state index in [1.165, 1.54) is 0 Å². The van der Waals surface area contributed by atoms with Gasteiger partial charge in [0.25, 0.3) is 0 Å². The summed E-state index contributed by atoms with van der Waals surface area (Å²) in [4.78, 5) is 16.3. The van der Waals surface area contributed by atoms with Crippen LogP contribution in [0.2, 0.25) is 5.28 Å². The number of aromatic nitrogens is 5. The van der Waals surface area contributed by atoms with Gasteiger partial charge >= 0.3 is 0 Å². The Morgan fingerprint density at radius 3 is 2.65 bits per heavy atom. The normalized spacial score (nSPS) is 10.5. The Balaban J connectivity index is 1.73. The van der Waals surface area contributed by atoms with Gasteiger partial charge in [0.2, 0.25) is 17.2 Å². The molecule has 0 saturated heterocycles. The summed E-state index contributed by atoms with van der Waals surface area (Å²) in [5.74, 6) is 0.997. The van der Waals surface area contributed by atoms with Crippen molar-refractivity contribution >= 4 is 23.5 Å². The van der Waals surface area contributed by atoms with Gasteiger partial charge in [0.05, 0.1) is 6.33 Å². The molecular formula is C12H18ClN7. The molecule has 0 aliphatic carbocycles. The third kappa shape index (κ3) is 4.65. The molecule has 2 heterocycles. The summed E-state index contributed by atoms with van der Waals surface area (Å²) < 4.78 is 2.06. The van der Waals surface area contributed by atoms with Crippen molar-refractivity contribution in [3.8, 4) is 0 Å². The van der Waals surface area contributed by atoms with E-state index < -0.39 is 0 Å². The molecule has 0 atom stereocenters. The highest BCUT2D eigenvalue weighted by atomic mass is 35.5. The van der Waals surface area contributed by atoms with Gasteiger partial charge in [-0.25, -0.2) is 4.98 Å². The van der Waals surface area contributed by atoms with Gasteiger partial charge in [-0.15, -0.1) is 0 Å². The Hall–Kier alpha value is -1.89. The van der Waals surface area contributed by atoms with Crippen molar-refractivity contribution in [2.75, 3.05) is 23.7 Å². The lowest BCUT2D eigenvalue weighted by molar-refractivity contribution is 0.620. The number of anilines is 2. The molecule has 0 radical (unpaired) electrons. The fourth-order valence-electron chi connectivity index (χ4n) is 1.70. The summed E-state index contributed by atoms with van der Waals surface area (Å²) in [5.41, 5.74) is 0. The average Bonchev–Trinajstić information content (AvgIpc) is 2.91. The van der Waals surface area contributed by atoms with Crippen LogP contribution in [-0.4, -0.2) is 37.6 Å². The van der Waals surface area contributed by atoms with E-state index >= 15 is 0 Å². The number of hydrogen-bond donors (Lipinski definition) is 2. The van der Waals surface area contributed by atoms with E-state index in [0.717, 1.165) is 32.5 Å². The molecular weight excluding hydrogens is 278 g/mol. The molecule has 0 aliphatic rings. The standard InChI is InChI=1S/C12H18ClN7/c1-2-15-11-17-10(13)18-12(19-11)16-5-3-4-7-20-8-6-14-9-20/h6,8-9H,2-5,7H2,1H3,(H2,15,16,17,18,19). The molecule has 7 nitrogen and oxygen atoms in total. The molecule has 20 heavy (non-hydrogen) atoms. The van der Waals surface area contributed by atoms with E-state index in [0.29, 0.717) is 11.9 Å². The second-order valence-electron chi connectivity index (χ2n) is 4.22. The Bertz CT molecular complexity index is 515. The summed E-state index contributed by atoms with van der Waals surface area (Å²) in [6, 6.07) is 0. The van der Waals surface area contributed by atoms with E-state index in [9.17, 15) is 0 Å². The van der Waals surface area contributed by atoms with Gasteiger partial charge < -0.3 is 15.2 Å². The van der Waals surface area contributed by atoms with Crippen LogP contribution in [0.4, 0.5) is 11.9 Å². The van der Waals surface area contributed by atoms with Crippen LogP contribution >= 0.6 is 11.6 Å². The summed E-state index contributed by atoms with van der Waals surface area (Å²) >= 11 is 5.84. The molecule has 0 unspecified atom stereocenters. The molecule has 0 fully saturated rings. The maximum atomic E-state index is 5.84. The second-order valence-corrected chi connectivity index (χ2v) is 4.55. The number of nitrogens with zero attached hydrogens (tertiary/aromatic N) is 5. The highest BCUT2D eigenvalue weighted by Crippen LogP contribution is 2.09. The maximum Gasteiger partial charge on any atom is 0.228 e. The zero-order valence-corrected chi connectivity index (χ0v) is 12.1. The lowest BCUT2D eigenvalue weighted by atomic mass is 10.3. The highest BCUT2D eigenvalue weighted by Gasteiger charge is 2.03. The highest BCUT2D eigenvalue weighted by molar-refractivity contribution is 6.28. The minimum atomic E-state index is 0.192. The molecule has 0 amide bonds. The lowest BCUT2D eigenvalue weighted by Crippen LogP contribution is -2.10. The largest absolute Gasteiger partial charge is 0.354 e. The Morgan fingerprint density at radius 1 is 1.15 bits per heavy atom. The third-order valence-electron chi connectivity index (χ3n) is 2.63. The number of rotatable bonds is 8. The van der Waals surface area contributed by atoms with E-state index in [1.807, 2.05) is 19.4 Å². The van der Waals surface area contributed by atoms with Crippen LogP contribution in [0.1, 0.15) is 19.8 Å². The SMILES string of the molecule is CCNc1nc(Cl)nc(NCCCCn2ccnc2)n1. The van der Waals surface area contributed by atoms with Crippen LogP contribution in [0.5, 0.6) is 0 Å². The van der Waals surface area contributed by atoms with Crippen molar-refractivity contribution in [2.24, 2.45) is 0 Å². The van der Waals surface area contributed by atoms with Crippen molar-refractivity contribution in [3.05, 3.63) is 24.0 Å². The Labute approximate surface area is 122 Å². The molecule has 2 aromatic rings. The third-order valence-corrected chi connectivity index (χ3v) is 2.80. The van der Waals surface area contributed by atoms with Gasteiger partial charge in [0, 0.05) is 32.0 Å². The molecule has 0 bridgehead atoms. The molecule has 2 rings (SSSR count). The van der Waals surface area contributed by atoms with Gasteiger partial charge in [0.15, 0.2) is 0 Å². The van der Waals surface area contributed by atoms with E-state index in [-0.39, 0.29) is 5.28 Å². The van der Waals surface area contributed by atoms with Gasteiger partial charge in [-0.2, -0.15) is 15.0 Å².